The number of likely N-dealkylation sites (tertiary alicyclic amines) is 1. The number of ether oxygens (including phenoxy) is 1. The maximum atomic E-state index is 5.51. The van der Waals surface area contributed by atoms with Gasteiger partial charge in [0, 0.05) is 25.2 Å². The molecule has 2 atom stereocenters. The first-order valence-corrected chi connectivity index (χ1v) is 7.72. The van der Waals surface area contributed by atoms with Gasteiger partial charge in [0.15, 0.2) is 0 Å². The van der Waals surface area contributed by atoms with E-state index in [2.05, 4.69) is 24.1 Å². The number of hydrogen-bond acceptors (Lipinski definition) is 3. The SMILES string of the molecule is COC1CCCC(NC2CCN(C(C)C)CC2)C1. The number of nitrogens with zero attached hydrogens (tertiary/aromatic N) is 1. The molecular weight excluding hydrogens is 224 g/mol. The second kappa shape index (κ2) is 6.88. The molecule has 0 aromatic carbocycles. The average Bonchev–Trinajstić information content (AvgIpc) is 2.39. The molecule has 0 radical (unpaired) electrons. The van der Waals surface area contributed by atoms with Crippen molar-refractivity contribution in [3.05, 3.63) is 0 Å². The maximum Gasteiger partial charge on any atom is 0.0586 e. The summed E-state index contributed by atoms with van der Waals surface area (Å²) in [5.41, 5.74) is 0. The summed E-state index contributed by atoms with van der Waals surface area (Å²) in [6, 6.07) is 2.14. The van der Waals surface area contributed by atoms with E-state index in [-0.39, 0.29) is 0 Å². The minimum absolute atomic E-state index is 0.493. The molecule has 1 aliphatic carbocycles. The third-order valence-electron chi connectivity index (χ3n) is 4.69. The van der Waals surface area contributed by atoms with Gasteiger partial charge >= 0.3 is 0 Å². The lowest BCUT2D eigenvalue weighted by Gasteiger charge is -2.38. The zero-order valence-corrected chi connectivity index (χ0v) is 12.3. The molecule has 106 valence electrons. The summed E-state index contributed by atoms with van der Waals surface area (Å²) in [6.45, 7) is 7.13. The first kappa shape index (κ1) is 14.3. The third kappa shape index (κ3) is 3.94. The molecule has 0 aromatic rings. The molecule has 1 saturated heterocycles. The smallest absolute Gasteiger partial charge is 0.0586 e. The van der Waals surface area contributed by atoms with Gasteiger partial charge in [-0.1, -0.05) is 0 Å². The predicted molar refractivity (Wildman–Crippen MR) is 75.9 cm³/mol. The molecule has 3 heteroatoms. The molecule has 3 nitrogen and oxygen atoms in total. The first-order valence-electron chi connectivity index (χ1n) is 7.72. The van der Waals surface area contributed by atoms with Gasteiger partial charge < -0.3 is 15.0 Å². The van der Waals surface area contributed by atoms with Gasteiger partial charge in [0.2, 0.25) is 0 Å². The zero-order valence-electron chi connectivity index (χ0n) is 12.3. The van der Waals surface area contributed by atoms with E-state index >= 15 is 0 Å². The number of nitrogens with one attached hydrogen (secondary N) is 1. The fourth-order valence-corrected chi connectivity index (χ4v) is 3.43. The van der Waals surface area contributed by atoms with E-state index in [0.29, 0.717) is 18.2 Å². The number of rotatable bonds is 4. The highest BCUT2D eigenvalue weighted by atomic mass is 16.5. The summed E-state index contributed by atoms with van der Waals surface area (Å²) in [5.74, 6) is 0. The van der Waals surface area contributed by atoms with Crippen molar-refractivity contribution in [1.82, 2.24) is 10.2 Å². The highest BCUT2D eigenvalue weighted by molar-refractivity contribution is 4.85. The van der Waals surface area contributed by atoms with Crippen molar-refractivity contribution in [3.63, 3.8) is 0 Å². The molecule has 0 spiro atoms. The zero-order chi connectivity index (χ0) is 13.0. The molecule has 1 N–H and O–H groups in total. The fraction of sp³-hybridized carbons (Fsp3) is 1.00. The van der Waals surface area contributed by atoms with Gasteiger partial charge in [-0.05, 0) is 65.5 Å². The number of methoxy groups -OCH3 is 1. The molecule has 0 amide bonds. The van der Waals surface area contributed by atoms with E-state index in [9.17, 15) is 0 Å². The molecule has 2 rings (SSSR count). The standard InChI is InChI=1S/C15H30N2O/c1-12(2)17-9-7-13(8-10-17)16-14-5-4-6-15(11-14)18-3/h12-16H,4-11H2,1-3H3. The van der Waals surface area contributed by atoms with Gasteiger partial charge in [0.25, 0.3) is 0 Å². The minimum atomic E-state index is 0.493. The summed E-state index contributed by atoms with van der Waals surface area (Å²) in [6.07, 6.45) is 8.23. The van der Waals surface area contributed by atoms with Crippen molar-refractivity contribution in [3.8, 4) is 0 Å². The first-order chi connectivity index (χ1) is 8.69. The van der Waals surface area contributed by atoms with Gasteiger partial charge in [0.05, 0.1) is 6.10 Å². The Labute approximate surface area is 112 Å². The lowest BCUT2D eigenvalue weighted by Crippen LogP contribution is -2.49. The van der Waals surface area contributed by atoms with Gasteiger partial charge in [-0.25, -0.2) is 0 Å². The largest absolute Gasteiger partial charge is 0.381 e. The summed E-state index contributed by atoms with van der Waals surface area (Å²) >= 11 is 0. The number of piperidine rings is 1. The van der Waals surface area contributed by atoms with Crippen LogP contribution in [-0.4, -0.2) is 49.3 Å². The molecule has 1 aliphatic heterocycles. The molecule has 0 bridgehead atoms. The molecule has 1 heterocycles. The maximum absolute atomic E-state index is 5.51. The molecule has 1 saturated carbocycles. The molecule has 18 heavy (non-hydrogen) atoms. The molecule has 2 aliphatic rings. The van der Waals surface area contributed by atoms with Crippen LogP contribution in [0.15, 0.2) is 0 Å². The van der Waals surface area contributed by atoms with Crippen LogP contribution in [0.2, 0.25) is 0 Å². The minimum Gasteiger partial charge on any atom is -0.381 e. The van der Waals surface area contributed by atoms with E-state index in [4.69, 9.17) is 4.74 Å². The third-order valence-corrected chi connectivity index (χ3v) is 4.69. The van der Waals surface area contributed by atoms with E-state index in [1.165, 1.54) is 51.6 Å². The summed E-state index contributed by atoms with van der Waals surface area (Å²) in [5, 5.41) is 3.87. The van der Waals surface area contributed by atoms with E-state index in [1.807, 2.05) is 7.11 Å². The van der Waals surface area contributed by atoms with E-state index in [0.717, 1.165) is 6.04 Å². The van der Waals surface area contributed by atoms with Crippen molar-refractivity contribution >= 4 is 0 Å². The van der Waals surface area contributed by atoms with Crippen LogP contribution in [0, 0.1) is 0 Å². The quantitative estimate of drug-likeness (QED) is 0.834. The van der Waals surface area contributed by atoms with Gasteiger partial charge in [-0.2, -0.15) is 0 Å². The lowest BCUT2D eigenvalue weighted by atomic mass is 9.91. The van der Waals surface area contributed by atoms with Crippen molar-refractivity contribution in [2.75, 3.05) is 20.2 Å². The normalized spacial score (nSPS) is 32.0. The van der Waals surface area contributed by atoms with Crippen LogP contribution in [0.3, 0.4) is 0 Å². The Morgan fingerprint density at radius 2 is 1.78 bits per heavy atom. The van der Waals surface area contributed by atoms with Crippen LogP contribution in [0.4, 0.5) is 0 Å². The van der Waals surface area contributed by atoms with Crippen molar-refractivity contribution in [2.24, 2.45) is 0 Å². The summed E-state index contributed by atoms with van der Waals surface area (Å²) < 4.78 is 5.51. The lowest BCUT2D eigenvalue weighted by molar-refractivity contribution is 0.0538. The van der Waals surface area contributed by atoms with Crippen LogP contribution < -0.4 is 5.32 Å². The Kier molecular flexibility index (Phi) is 5.46. The molecule has 2 fully saturated rings. The van der Waals surface area contributed by atoms with Gasteiger partial charge in [-0.3, -0.25) is 0 Å². The molecule has 2 unspecified atom stereocenters. The second-order valence-electron chi connectivity index (χ2n) is 6.29. The predicted octanol–water partition coefficient (Wildman–Crippen LogP) is 2.41. The van der Waals surface area contributed by atoms with Crippen molar-refractivity contribution < 1.29 is 4.74 Å². The summed E-state index contributed by atoms with van der Waals surface area (Å²) in [7, 11) is 1.86. The Hall–Kier alpha value is -0.120. The highest BCUT2D eigenvalue weighted by Gasteiger charge is 2.26. The van der Waals surface area contributed by atoms with Crippen LogP contribution in [0.1, 0.15) is 52.4 Å². The molecular formula is C15H30N2O. The Morgan fingerprint density at radius 3 is 2.39 bits per heavy atom. The van der Waals surface area contributed by atoms with Crippen molar-refractivity contribution in [1.29, 1.82) is 0 Å². The fourth-order valence-electron chi connectivity index (χ4n) is 3.43. The van der Waals surface area contributed by atoms with Gasteiger partial charge in [-0.15, -0.1) is 0 Å². The van der Waals surface area contributed by atoms with E-state index < -0.39 is 0 Å². The Bertz CT molecular complexity index is 237. The summed E-state index contributed by atoms with van der Waals surface area (Å²) in [4.78, 5) is 2.59. The molecule has 0 aromatic heterocycles. The Balaban J connectivity index is 1.71. The number of hydrogen-bond donors (Lipinski definition) is 1. The van der Waals surface area contributed by atoms with Gasteiger partial charge in [0.1, 0.15) is 0 Å². The second-order valence-corrected chi connectivity index (χ2v) is 6.29. The monoisotopic (exact) mass is 254 g/mol. The van der Waals surface area contributed by atoms with Crippen LogP contribution in [-0.2, 0) is 4.74 Å². The van der Waals surface area contributed by atoms with Crippen molar-refractivity contribution in [2.45, 2.75) is 76.6 Å². The Morgan fingerprint density at radius 1 is 1.06 bits per heavy atom. The van der Waals surface area contributed by atoms with Crippen LogP contribution in [0.25, 0.3) is 0 Å². The topological polar surface area (TPSA) is 24.5 Å². The average molecular weight is 254 g/mol. The van der Waals surface area contributed by atoms with Crippen LogP contribution >= 0.6 is 0 Å². The van der Waals surface area contributed by atoms with Crippen LogP contribution in [0.5, 0.6) is 0 Å². The van der Waals surface area contributed by atoms with E-state index in [1.54, 1.807) is 0 Å². The highest BCUT2D eigenvalue weighted by Crippen LogP contribution is 2.22.